The van der Waals surface area contributed by atoms with Crippen LogP contribution in [0.4, 0.5) is 0 Å². The van der Waals surface area contributed by atoms with Crippen molar-refractivity contribution in [3.63, 3.8) is 0 Å². The number of primary sulfonamides is 1. The van der Waals surface area contributed by atoms with E-state index in [1.54, 1.807) is 18.2 Å². The smallest absolute Gasteiger partial charge is 0.325 e. The molecule has 0 saturated carbocycles. The van der Waals surface area contributed by atoms with E-state index in [1.165, 1.54) is 6.07 Å². The van der Waals surface area contributed by atoms with Gasteiger partial charge in [-0.1, -0.05) is 0 Å². The minimum atomic E-state index is -3.71. The van der Waals surface area contributed by atoms with Gasteiger partial charge in [0.15, 0.2) is 0 Å². The normalized spacial score (nSPS) is 11.1. The lowest BCUT2D eigenvalue weighted by molar-refractivity contribution is -0.132. The molecular formula is C10H11ClN2O4S2. The Kier molecular flexibility index (Phi) is 4.88. The van der Waals surface area contributed by atoms with Crippen molar-refractivity contribution in [2.45, 2.75) is 4.21 Å². The first kappa shape index (κ1) is 15.9. The molecule has 1 heterocycles. The quantitative estimate of drug-likeness (QED) is 0.642. The number of fused-ring (bicyclic) bond motifs is 1. The summed E-state index contributed by atoms with van der Waals surface area (Å²) in [6, 6.07) is 6.23. The number of esters is 1. The van der Waals surface area contributed by atoms with E-state index in [0.717, 1.165) is 16.0 Å². The molecule has 0 aliphatic carbocycles. The first-order valence-electron chi connectivity index (χ1n) is 4.87. The summed E-state index contributed by atoms with van der Waals surface area (Å²) in [5.74, 6) is -0.243. The summed E-state index contributed by atoms with van der Waals surface area (Å²) >= 11 is 1.06. The zero-order chi connectivity index (χ0) is 13.3. The number of halogens is 1. The summed E-state index contributed by atoms with van der Waals surface area (Å²) in [5, 5.41) is 5.69. The van der Waals surface area contributed by atoms with Gasteiger partial charge in [0.25, 0.3) is 0 Å². The van der Waals surface area contributed by atoms with Gasteiger partial charge in [0, 0.05) is 4.70 Å². The van der Waals surface area contributed by atoms with Gasteiger partial charge in [0.2, 0.25) is 10.0 Å². The number of benzene rings is 1. The predicted molar refractivity (Wildman–Crippen MR) is 75.1 cm³/mol. The number of hydrogen-bond donors (Lipinski definition) is 2. The molecule has 6 nitrogen and oxygen atoms in total. The third-order valence-electron chi connectivity index (χ3n) is 2.14. The standard InChI is InChI=1S/C10H10N2O4S2.ClH/c11-5-9(13)16-7-1-2-8-6(3-7)4-10(17-8)18(12,14)15;/h1-4H,5,11H2,(H2,12,14,15);1H. The van der Waals surface area contributed by atoms with E-state index in [9.17, 15) is 13.2 Å². The van der Waals surface area contributed by atoms with Crippen LogP contribution >= 0.6 is 23.7 Å². The molecule has 0 bridgehead atoms. The zero-order valence-electron chi connectivity index (χ0n) is 9.53. The highest BCUT2D eigenvalue weighted by Crippen LogP contribution is 2.30. The van der Waals surface area contributed by atoms with E-state index in [2.05, 4.69) is 0 Å². The van der Waals surface area contributed by atoms with Crippen LogP contribution in [0, 0.1) is 0 Å². The number of ether oxygens (including phenoxy) is 1. The van der Waals surface area contributed by atoms with Crippen LogP contribution in [0.1, 0.15) is 0 Å². The lowest BCUT2D eigenvalue weighted by Gasteiger charge is -2.01. The van der Waals surface area contributed by atoms with Crippen molar-refractivity contribution in [3.8, 4) is 5.75 Å². The molecule has 0 radical (unpaired) electrons. The van der Waals surface area contributed by atoms with Crippen LogP contribution in [0.5, 0.6) is 5.75 Å². The number of nitrogens with two attached hydrogens (primary N) is 2. The maximum absolute atomic E-state index is 11.2. The highest BCUT2D eigenvalue weighted by Gasteiger charge is 2.13. The topological polar surface area (TPSA) is 112 Å². The molecule has 1 aromatic heterocycles. The summed E-state index contributed by atoms with van der Waals surface area (Å²) < 4.78 is 28.1. The Morgan fingerprint density at radius 2 is 2.00 bits per heavy atom. The zero-order valence-corrected chi connectivity index (χ0v) is 12.0. The number of rotatable bonds is 3. The van der Waals surface area contributed by atoms with Crippen LogP contribution in [0.15, 0.2) is 28.5 Å². The molecule has 4 N–H and O–H groups in total. The number of carbonyl (C=O) groups excluding carboxylic acids is 1. The lowest BCUT2D eigenvalue weighted by Crippen LogP contribution is -2.19. The molecule has 0 saturated heterocycles. The van der Waals surface area contributed by atoms with Crippen LogP contribution in [-0.4, -0.2) is 20.9 Å². The van der Waals surface area contributed by atoms with E-state index in [4.69, 9.17) is 15.6 Å². The molecule has 0 unspecified atom stereocenters. The van der Waals surface area contributed by atoms with Gasteiger partial charge in [0.05, 0.1) is 6.54 Å². The Bertz CT molecular complexity index is 711. The summed E-state index contributed by atoms with van der Waals surface area (Å²) in [6.45, 7) is -0.218. The highest BCUT2D eigenvalue weighted by molar-refractivity contribution is 7.91. The molecule has 0 fully saturated rings. The Labute approximate surface area is 119 Å². The molecule has 19 heavy (non-hydrogen) atoms. The summed E-state index contributed by atoms with van der Waals surface area (Å²) in [7, 11) is -3.71. The van der Waals surface area contributed by atoms with E-state index in [-0.39, 0.29) is 23.2 Å². The van der Waals surface area contributed by atoms with Crippen molar-refractivity contribution in [3.05, 3.63) is 24.3 Å². The van der Waals surface area contributed by atoms with Crippen LogP contribution in [0.3, 0.4) is 0 Å². The van der Waals surface area contributed by atoms with Gasteiger partial charge in [-0.05, 0) is 29.7 Å². The molecule has 0 atom stereocenters. The number of thiophene rings is 1. The minimum Gasteiger partial charge on any atom is -0.426 e. The predicted octanol–water partition coefficient (Wildman–Crippen LogP) is 0.835. The maximum atomic E-state index is 11.2. The molecule has 0 amide bonds. The molecule has 1 aromatic carbocycles. The van der Waals surface area contributed by atoms with E-state index < -0.39 is 16.0 Å². The van der Waals surface area contributed by atoms with Gasteiger partial charge >= 0.3 is 5.97 Å². The Morgan fingerprint density at radius 1 is 1.32 bits per heavy atom. The summed E-state index contributed by atoms with van der Waals surface area (Å²) in [4.78, 5) is 11.0. The van der Waals surface area contributed by atoms with Gasteiger partial charge < -0.3 is 10.5 Å². The van der Waals surface area contributed by atoms with Gasteiger partial charge in [-0.2, -0.15) is 0 Å². The fourth-order valence-corrected chi connectivity index (χ4v) is 3.17. The van der Waals surface area contributed by atoms with Gasteiger partial charge in [-0.15, -0.1) is 23.7 Å². The first-order chi connectivity index (χ1) is 8.40. The van der Waals surface area contributed by atoms with Crippen LogP contribution < -0.4 is 15.6 Å². The third kappa shape index (κ3) is 3.64. The monoisotopic (exact) mass is 322 g/mol. The van der Waals surface area contributed by atoms with Gasteiger partial charge in [0.1, 0.15) is 9.96 Å². The Morgan fingerprint density at radius 3 is 2.58 bits per heavy atom. The SMILES string of the molecule is Cl.NCC(=O)Oc1ccc2sc(S(N)(=O)=O)cc2c1. The van der Waals surface area contributed by atoms with Gasteiger partial charge in [-0.3, -0.25) is 4.79 Å². The highest BCUT2D eigenvalue weighted by atomic mass is 35.5. The second kappa shape index (κ2) is 5.85. The number of hydrogen-bond acceptors (Lipinski definition) is 6. The van der Waals surface area contributed by atoms with Crippen molar-refractivity contribution < 1.29 is 17.9 Å². The molecule has 104 valence electrons. The first-order valence-corrected chi connectivity index (χ1v) is 7.23. The van der Waals surface area contributed by atoms with E-state index in [1.807, 2.05) is 0 Å². The largest absolute Gasteiger partial charge is 0.426 e. The Hall–Kier alpha value is -1.19. The Balaban J connectivity index is 0.00000180. The average Bonchev–Trinajstić information content (AvgIpc) is 2.71. The van der Waals surface area contributed by atoms with E-state index >= 15 is 0 Å². The van der Waals surface area contributed by atoms with E-state index in [0.29, 0.717) is 11.1 Å². The second-order valence-corrected chi connectivity index (χ2v) is 6.36. The van der Waals surface area contributed by atoms with Crippen molar-refractivity contribution in [1.82, 2.24) is 0 Å². The van der Waals surface area contributed by atoms with Gasteiger partial charge in [-0.25, -0.2) is 13.6 Å². The van der Waals surface area contributed by atoms with Crippen molar-refractivity contribution >= 4 is 49.8 Å². The third-order valence-corrected chi connectivity index (χ3v) is 4.68. The van der Waals surface area contributed by atoms with Crippen molar-refractivity contribution in [2.75, 3.05) is 6.54 Å². The molecule has 0 spiro atoms. The molecular weight excluding hydrogens is 312 g/mol. The maximum Gasteiger partial charge on any atom is 0.325 e. The lowest BCUT2D eigenvalue weighted by atomic mass is 10.2. The number of carbonyl (C=O) groups is 1. The molecule has 0 aliphatic rings. The molecule has 0 aliphatic heterocycles. The second-order valence-electron chi connectivity index (χ2n) is 3.49. The summed E-state index contributed by atoms with van der Waals surface area (Å²) in [6.07, 6.45) is 0. The van der Waals surface area contributed by atoms with Crippen LogP contribution in [0.2, 0.25) is 0 Å². The van der Waals surface area contributed by atoms with Crippen molar-refractivity contribution in [2.24, 2.45) is 10.9 Å². The minimum absolute atomic E-state index is 0. The van der Waals surface area contributed by atoms with Crippen LogP contribution in [0.25, 0.3) is 10.1 Å². The number of sulfonamides is 1. The molecule has 2 rings (SSSR count). The van der Waals surface area contributed by atoms with Crippen molar-refractivity contribution in [1.29, 1.82) is 0 Å². The fraction of sp³-hybridized carbons (Fsp3) is 0.100. The summed E-state index contributed by atoms with van der Waals surface area (Å²) in [5.41, 5.74) is 5.13. The molecule has 2 aromatic rings. The molecule has 9 heteroatoms. The van der Waals surface area contributed by atoms with Crippen LogP contribution in [-0.2, 0) is 14.8 Å². The average molecular weight is 323 g/mol. The fourth-order valence-electron chi connectivity index (χ4n) is 1.37.